The number of unbranched alkanes of at least 4 members (excludes halogenated alkanes) is 1. The minimum atomic E-state index is -3.75. The second-order valence-electron chi connectivity index (χ2n) is 12.6. The molecule has 0 aliphatic rings. The van der Waals surface area contributed by atoms with Gasteiger partial charge in [0.1, 0.15) is 11.7 Å². The molecule has 0 aromatic carbocycles. The van der Waals surface area contributed by atoms with Crippen LogP contribution in [0, 0.1) is 0 Å². The van der Waals surface area contributed by atoms with Crippen LogP contribution in [0.4, 0.5) is 0 Å². The normalized spacial score (nSPS) is 16.7. The summed E-state index contributed by atoms with van der Waals surface area (Å²) in [7, 11) is -12.6. The van der Waals surface area contributed by atoms with Crippen molar-refractivity contribution in [2.45, 2.75) is 117 Å². The Morgan fingerprint density at radius 1 is 0.771 bits per heavy atom. The Labute approximate surface area is 220 Å². The summed E-state index contributed by atoms with van der Waals surface area (Å²) in [6, 6.07) is 0. The summed E-state index contributed by atoms with van der Waals surface area (Å²) in [5, 5.41) is -0.834. The van der Waals surface area contributed by atoms with Crippen molar-refractivity contribution in [1.29, 1.82) is 0 Å². The molecule has 0 N–H and O–H groups in total. The van der Waals surface area contributed by atoms with Crippen molar-refractivity contribution in [1.82, 2.24) is 0 Å². The van der Waals surface area contributed by atoms with E-state index in [0.29, 0.717) is 6.42 Å². The summed E-state index contributed by atoms with van der Waals surface area (Å²) in [4.78, 5) is 0. The van der Waals surface area contributed by atoms with Crippen LogP contribution >= 0.6 is 15.0 Å². The highest BCUT2D eigenvalue weighted by atomic mass is 31.2. The van der Waals surface area contributed by atoms with Crippen molar-refractivity contribution in [3.63, 3.8) is 0 Å². The minimum absolute atomic E-state index is 0.0897. The van der Waals surface area contributed by atoms with E-state index < -0.39 is 45.3 Å². The van der Waals surface area contributed by atoms with Crippen LogP contribution in [-0.4, -0.2) is 43.8 Å². The lowest BCUT2D eigenvalue weighted by molar-refractivity contribution is 0.236. The second kappa shape index (κ2) is 14.5. The molecule has 0 aliphatic heterocycles. The number of hydrogen-bond acceptors (Lipinski definition) is 6. The number of ether oxygens (including phenoxy) is 1. The summed E-state index contributed by atoms with van der Waals surface area (Å²) in [6.45, 7) is 24.3. The fraction of sp³-hybridized carbons (Fsp3) is 0.833. The summed E-state index contributed by atoms with van der Waals surface area (Å²) >= 11 is 0. The van der Waals surface area contributed by atoms with Crippen molar-refractivity contribution in [3.05, 3.63) is 23.3 Å². The molecule has 0 saturated carbocycles. The number of methoxy groups -OCH3 is 1. The van der Waals surface area contributed by atoms with Gasteiger partial charge in [0.15, 0.2) is 25.0 Å². The molecule has 35 heavy (non-hydrogen) atoms. The fourth-order valence-corrected chi connectivity index (χ4v) is 20.4. The quantitative estimate of drug-likeness (QED) is 0.0733. The van der Waals surface area contributed by atoms with E-state index in [1.807, 2.05) is 58.9 Å². The van der Waals surface area contributed by atoms with E-state index in [1.54, 1.807) is 0 Å². The molecule has 0 aromatic rings. The highest BCUT2D eigenvalue weighted by molar-refractivity contribution is 7.76. The predicted molar refractivity (Wildman–Crippen MR) is 160 cm³/mol. The predicted octanol–water partition coefficient (Wildman–Crippen LogP) is 9.81. The molecule has 0 aliphatic carbocycles. The van der Waals surface area contributed by atoms with Crippen LogP contribution in [0.5, 0.6) is 0 Å². The molecule has 11 heteroatoms. The highest BCUT2D eigenvalue weighted by Crippen LogP contribution is 2.73. The van der Waals surface area contributed by atoms with Gasteiger partial charge in [-0.25, -0.2) is 0 Å². The van der Waals surface area contributed by atoms with Crippen LogP contribution in [0.1, 0.15) is 52.9 Å². The lowest BCUT2D eigenvalue weighted by atomic mass is 10.1. The zero-order chi connectivity index (χ0) is 27.7. The van der Waals surface area contributed by atoms with Crippen LogP contribution < -0.4 is 0 Å². The van der Waals surface area contributed by atoms with Crippen LogP contribution in [0.2, 0.25) is 58.9 Å². The summed E-state index contributed by atoms with van der Waals surface area (Å²) in [6.07, 6.45) is 8.43. The summed E-state index contributed by atoms with van der Waals surface area (Å²) in [5.74, 6) is 0. The molecule has 0 fully saturated rings. The van der Waals surface area contributed by atoms with Crippen molar-refractivity contribution in [2.24, 2.45) is 0 Å². The van der Waals surface area contributed by atoms with Crippen LogP contribution in [0.25, 0.3) is 0 Å². The van der Waals surface area contributed by atoms with Gasteiger partial charge in [-0.1, -0.05) is 23.3 Å². The van der Waals surface area contributed by atoms with Gasteiger partial charge in [0, 0.05) is 7.11 Å². The number of hydrogen-bond donors (Lipinski definition) is 0. The molecule has 0 aromatic heterocycles. The Balaban J connectivity index is 6.18. The maximum absolute atomic E-state index is 14.6. The molecule has 0 spiro atoms. The zero-order valence-corrected chi connectivity index (χ0v) is 29.6. The zero-order valence-electron chi connectivity index (χ0n) is 24.8. The highest BCUT2D eigenvalue weighted by Gasteiger charge is 2.53. The van der Waals surface area contributed by atoms with E-state index in [9.17, 15) is 9.13 Å². The number of rotatable bonds is 17. The SMILES string of the molecule is COCP(=O)(O[Si](C)(C)C)C(CCC/C=C(\C)CCC=C(C)C)P(=O)(O[Si](C)(C)C)O[Si](C)(C)C. The van der Waals surface area contributed by atoms with E-state index in [0.717, 1.165) is 25.7 Å². The molecule has 2 unspecified atom stereocenters. The third-order valence-electron chi connectivity index (χ3n) is 4.61. The van der Waals surface area contributed by atoms with Crippen molar-refractivity contribution < 1.29 is 26.5 Å². The Bertz CT molecular complexity index is 784. The Morgan fingerprint density at radius 2 is 1.26 bits per heavy atom. The third kappa shape index (κ3) is 16.1. The first-order chi connectivity index (χ1) is 15.6. The largest absolute Gasteiger partial charge is 0.375 e. The molecule has 0 bridgehead atoms. The second-order valence-corrected chi connectivity index (χ2v) is 31.9. The average Bonchev–Trinajstić information content (AvgIpc) is 2.55. The maximum atomic E-state index is 14.6. The maximum Gasteiger partial charge on any atom is 0.324 e. The van der Waals surface area contributed by atoms with E-state index in [2.05, 4.69) is 32.9 Å². The fourth-order valence-electron chi connectivity index (χ4n) is 3.63. The van der Waals surface area contributed by atoms with E-state index >= 15 is 0 Å². The van der Waals surface area contributed by atoms with Crippen molar-refractivity contribution in [3.8, 4) is 0 Å². The molecule has 0 amide bonds. The van der Waals surface area contributed by atoms with Crippen LogP contribution in [0.15, 0.2) is 23.3 Å². The van der Waals surface area contributed by atoms with E-state index in [-0.39, 0.29) is 6.35 Å². The van der Waals surface area contributed by atoms with Crippen molar-refractivity contribution >= 4 is 39.9 Å². The van der Waals surface area contributed by atoms with E-state index in [1.165, 1.54) is 18.3 Å². The lowest BCUT2D eigenvalue weighted by Crippen LogP contribution is -2.35. The van der Waals surface area contributed by atoms with Gasteiger partial charge in [-0.05, 0) is 112 Å². The topological polar surface area (TPSA) is 71.1 Å². The molecular weight excluding hydrogens is 530 g/mol. The first kappa shape index (κ1) is 35.4. The molecule has 0 rings (SSSR count). The third-order valence-corrected chi connectivity index (χ3v) is 19.1. The van der Waals surface area contributed by atoms with Crippen LogP contribution in [0.3, 0.4) is 0 Å². The first-order valence-electron chi connectivity index (χ1n) is 12.7. The van der Waals surface area contributed by atoms with Gasteiger partial charge in [-0.15, -0.1) is 0 Å². The van der Waals surface area contributed by atoms with Gasteiger partial charge < -0.3 is 17.4 Å². The monoisotopic (exact) mass is 584 g/mol. The molecule has 0 saturated heterocycles. The average molecular weight is 585 g/mol. The molecule has 208 valence electrons. The minimum Gasteiger partial charge on any atom is -0.375 e. The smallest absolute Gasteiger partial charge is 0.324 e. The molecule has 2 atom stereocenters. The Morgan fingerprint density at radius 3 is 1.66 bits per heavy atom. The standard InChI is InChI=1S/C24H54O6P2Si3/c1-22(2)17-16-19-23(3)18-14-15-20-24(31(25,21-27-4)28-33(5,6)7)32(26,29-34(8,9)10)30-35(11,12)13/h17-18,24H,14-16,19-21H2,1-13H3/b23-18+. The molecule has 0 heterocycles. The van der Waals surface area contributed by atoms with Crippen LogP contribution in [-0.2, 0) is 26.5 Å². The molecular formula is C24H54O6P2Si3. The summed E-state index contributed by atoms with van der Waals surface area (Å²) in [5.41, 5.74) is 2.66. The summed E-state index contributed by atoms with van der Waals surface area (Å²) < 4.78 is 53.4. The Kier molecular flexibility index (Phi) is 14.7. The van der Waals surface area contributed by atoms with Gasteiger partial charge >= 0.3 is 7.60 Å². The van der Waals surface area contributed by atoms with Gasteiger partial charge in [-0.3, -0.25) is 9.13 Å². The van der Waals surface area contributed by atoms with E-state index in [4.69, 9.17) is 17.4 Å². The Hall–Kier alpha value is 0.431. The number of allylic oxidation sites excluding steroid dienone is 4. The van der Waals surface area contributed by atoms with Gasteiger partial charge in [0.25, 0.3) is 0 Å². The van der Waals surface area contributed by atoms with Gasteiger partial charge in [0.2, 0.25) is 7.37 Å². The first-order valence-corrected chi connectivity index (χ1v) is 26.4. The van der Waals surface area contributed by atoms with Crippen molar-refractivity contribution in [2.75, 3.05) is 13.5 Å². The lowest BCUT2D eigenvalue weighted by Gasteiger charge is -2.40. The van der Waals surface area contributed by atoms with Gasteiger partial charge in [-0.2, -0.15) is 0 Å². The molecule has 0 radical (unpaired) electrons. The molecule has 6 nitrogen and oxygen atoms in total. The van der Waals surface area contributed by atoms with Gasteiger partial charge in [0.05, 0.1) is 0 Å².